The van der Waals surface area contributed by atoms with Crippen LogP contribution >= 0.6 is 0 Å². The minimum Gasteiger partial charge on any atom is -0.506 e. The molecule has 1 aromatic heterocycles. The third-order valence-corrected chi connectivity index (χ3v) is 3.32. The standard InChI is InChI=1S/C16H15N3O2/c1-2-10-3-5-11(6-4-10)15-18-16(21-19-15)12-7-8-14(20)13(17)9-12/h3-9,20H,2,17H2,1H3. The molecule has 3 N–H and O–H groups in total. The Morgan fingerprint density at radius 2 is 1.81 bits per heavy atom. The Bertz CT molecular complexity index is 763. The van der Waals surface area contributed by atoms with Crippen LogP contribution in [0.15, 0.2) is 47.0 Å². The van der Waals surface area contributed by atoms with Crippen LogP contribution < -0.4 is 5.73 Å². The molecule has 0 fully saturated rings. The Morgan fingerprint density at radius 3 is 2.48 bits per heavy atom. The maximum absolute atomic E-state index is 9.43. The van der Waals surface area contributed by atoms with Crippen molar-refractivity contribution in [1.82, 2.24) is 10.1 Å². The average Bonchev–Trinajstić information content (AvgIpc) is 3.00. The molecule has 5 heteroatoms. The first-order chi connectivity index (χ1) is 10.2. The summed E-state index contributed by atoms with van der Waals surface area (Å²) in [4.78, 5) is 4.36. The van der Waals surface area contributed by atoms with Gasteiger partial charge in [-0.15, -0.1) is 0 Å². The van der Waals surface area contributed by atoms with Crippen molar-refractivity contribution >= 4 is 5.69 Å². The largest absolute Gasteiger partial charge is 0.506 e. The number of aryl methyl sites for hydroxylation is 1. The highest BCUT2D eigenvalue weighted by molar-refractivity contribution is 5.66. The van der Waals surface area contributed by atoms with Crippen LogP contribution in [0.2, 0.25) is 0 Å². The van der Waals surface area contributed by atoms with E-state index in [2.05, 4.69) is 17.1 Å². The van der Waals surface area contributed by atoms with Gasteiger partial charge in [0.05, 0.1) is 5.69 Å². The van der Waals surface area contributed by atoms with Crippen LogP contribution in [0.25, 0.3) is 22.8 Å². The number of nitrogen functional groups attached to an aromatic ring is 1. The predicted octanol–water partition coefficient (Wildman–Crippen LogP) is 3.25. The van der Waals surface area contributed by atoms with Crippen molar-refractivity contribution in [3.63, 3.8) is 0 Å². The number of benzene rings is 2. The van der Waals surface area contributed by atoms with Crippen molar-refractivity contribution in [3.8, 4) is 28.6 Å². The molecule has 0 saturated heterocycles. The number of aromatic nitrogens is 2. The van der Waals surface area contributed by atoms with Gasteiger partial charge in [0, 0.05) is 11.1 Å². The van der Waals surface area contributed by atoms with Crippen LogP contribution in [0.5, 0.6) is 5.75 Å². The molecule has 3 rings (SSSR count). The molecule has 0 aliphatic carbocycles. The van der Waals surface area contributed by atoms with Gasteiger partial charge in [0.15, 0.2) is 0 Å². The van der Waals surface area contributed by atoms with Gasteiger partial charge in [0.25, 0.3) is 5.89 Å². The summed E-state index contributed by atoms with van der Waals surface area (Å²) in [6, 6.07) is 12.8. The fraction of sp³-hybridized carbons (Fsp3) is 0.125. The quantitative estimate of drug-likeness (QED) is 0.568. The van der Waals surface area contributed by atoms with E-state index >= 15 is 0 Å². The lowest BCUT2D eigenvalue weighted by atomic mass is 10.1. The van der Waals surface area contributed by atoms with Gasteiger partial charge in [-0.3, -0.25) is 0 Å². The molecule has 0 bridgehead atoms. The Morgan fingerprint density at radius 1 is 1.10 bits per heavy atom. The van der Waals surface area contributed by atoms with Crippen LogP contribution in [0.3, 0.4) is 0 Å². The third kappa shape index (κ3) is 2.58. The number of aromatic hydroxyl groups is 1. The lowest BCUT2D eigenvalue weighted by Crippen LogP contribution is -1.87. The molecule has 3 aromatic rings. The van der Waals surface area contributed by atoms with Gasteiger partial charge in [0.2, 0.25) is 5.82 Å². The summed E-state index contributed by atoms with van der Waals surface area (Å²) in [7, 11) is 0. The molecule has 0 amide bonds. The molecule has 0 spiro atoms. The molecule has 21 heavy (non-hydrogen) atoms. The number of anilines is 1. The van der Waals surface area contributed by atoms with E-state index in [1.54, 1.807) is 12.1 Å². The Labute approximate surface area is 122 Å². The second-order valence-electron chi connectivity index (χ2n) is 4.75. The number of hydrogen-bond donors (Lipinski definition) is 2. The van der Waals surface area contributed by atoms with Crippen molar-refractivity contribution in [3.05, 3.63) is 48.0 Å². The van der Waals surface area contributed by atoms with Gasteiger partial charge >= 0.3 is 0 Å². The molecule has 1 heterocycles. The molecule has 0 radical (unpaired) electrons. The summed E-state index contributed by atoms with van der Waals surface area (Å²) in [5.74, 6) is 0.934. The van der Waals surface area contributed by atoms with E-state index in [0.717, 1.165) is 12.0 Å². The molecule has 0 saturated carbocycles. The summed E-state index contributed by atoms with van der Waals surface area (Å²) in [6.07, 6.45) is 0.991. The van der Waals surface area contributed by atoms with Gasteiger partial charge < -0.3 is 15.4 Å². The Kier molecular flexibility index (Phi) is 3.31. The van der Waals surface area contributed by atoms with Crippen LogP contribution in [-0.4, -0.2) is 15.2 Å². The topological polar surface area (TPSA) is 85.2 Å². The summed E-state index contributed by atoms with van der Waals surface area (Å²) in [5.41, 5.74) is 8.78. The summed E-state index contributed by atoms with van der Waals surface area (Å²) in [6.45, 7) is 2.11. The van der Waals surface area contributed by atoms with Gasteiger partial charge in [-0.25, -0.2) is 0 Å². The minimum atomic E-state index is 0.0358. The van der Waals surface area contributed by atoms with Crippen molar-refractivity contribution < 1.29 is 9.63 Å². The number of rotatable bonds is 3. The fourth-order valence-corrected chi connectivity index (χ4v) is 2.04. The van der Waals surface area contributed by atoms with E-state index in [4.69, 9.17) is 10.3 Å². The van der Waals surface area contributed by atoms with E-state index in [0.29, 0.717) is 17.3 Å². The van der Waals surface area contributed by atoms with Gasteiger partial charge in [-0.2, -0.15) is 4.98 Å². The monoisotopic (exact) mass is 281 g/mol. The second-order valence-corrected chi connectivity index (χ2v) is 4.75. The number of nitrogens with two attached hydrogens (primary N) is 1. The van der Waals surface area contributed by atoms with E-state index in [9.17, 15) is 5.11 Å². The van der Waals surface area contributed by atoms with Crippen molar-refractivity contribution in [2.24, 2.45) is 0 Å². The Balaban J connectivity index is 1.93. The number of nitrogens with zero attached hydrogens (tertiary/aromatic N) is 2. The average molecular weight is 281 g/mol. The predicted molar refractivity (Wildman–Crippen MR) is 80.6 cm³/mol. The molecule has 0 atom stereocenters. The van der Waals surface area contributed by atoms with Crippen LogP contribution in [0.1, 0.15) is 12.5 Å². The normalized spacial score (nSPS) is 10.7. The molecule has 0 aliphatic rings. The number of phenols is 1. The van der Waals surface area contributed by atoms with E-state index in [-0.39, 0.29) is 11.4 Å². The number of phenolic OH excluding ortho intramolecular Hbond substituents is 1. The minimum absolute atomic E-state index is 0.0358. The lowest BCUT2D eigenvalue weighted by molar-refractivity contribution is 0.432. The lowest BCUT2D eigenvalue weighted by Gasteiger charge is -1.99. The zero-order chi connectivity index (χ0) is 14.8. The second kappa shape index (κ2) is 5.28. The summed E-state index contributed by atoms with van der Waals surface area (Å²) in [5, 5.41) is 13.4. The van der Waals surface area contributed by atoms with Crippen molar-refractivity contribution in [2.75, 3.05) is 5.73 Å². The smallest absolute Gasteiger partial charge is 0.258 e. The van der Waals surface area contributed by atoms with Crippen LogP contribution in [-0.2, 0) is 6.42 Å². The SMILES string of the molecule is CCc1ccc(-c2noc(-c3ccc(O)c(N)c3)n2)cc1. The van der Waals surface area contributed by atoms with Crippen LogP contribution in [0, 0.1) is 0 Å². The third-order valence-electron chi connectivity index (χ3n) is 3.32. The van der Waals surface area contributed by atoms with E-state index in [1.807, 2.05) is 24.3 Å². The summed E-state index contributed by atoms with van der Waals surface area (Å²) >= 11 is 0. The van der Waals surface area contributed by atoms with Gasteiger partial charge in [-0.1, -0.05) is 36.3 Å². The zero-order valence-electron chi connectivity index (χ0n) is 11.6. The fourth-order valence-electron chi connectivity index (χ4n) is 2.04. The summed E-state index contributed by atoms with van der Waals surface area (Å²) < 4.78 is 5.26. The first-order valence-corrected chi connectivity index (χ1v) is 6.69. The molecular weight excluding hydrogens is 266 g/mol. The van der Waals surface area contributed by atoms with Crippen LogP contribution in [0.4, 0.5) is 5.69 Å². The highest BCUT2D eigenvalue weighted by Gasteiger charge is 2.11. The molecule has 0 aliphatic heterocycles. The maximum Gasteiger partial charge on any atom is 0.258 e. The molecule has 106 valence electrons. The molecule has 2 aromatic carbocycles. The molecule has 5 nitrogen and oxygen atoms in total. The van der Waals surface area contributed by atoms with Gasteiger partial charge in [-0.05, 0) is 30.2 Å². The number of hydrogen-bond acceptors (Lipinski definition) is 5. The Hall–Kier alpha value is -2.82. The van der Waals surface area contributed by atoms with Gasteiger partial charge in [0.1, 0.15) is 5.75 Å². The van der Waals surface area contributed by atoms with Crippen molar-refractivity contribution in [2.45, 2.75) is 13.3 Å². The maximum atomic E-state index is 9.43. The zero-order valence-corrected chi connectivity index (χ0v) is 11.6. The van der Waals surface area contributed by atoms with E-state index < -0.39 is 0 Å². The molecule has 0 unspecified atom stereocenters. The van der Waals surface area contributed by atoms with Crippen molar-refractivity contribution in [1.29, 1.82) is 0 Å². The first kappa shape index (κ1) is 13.2. The molecular formula is C16H15N3O2. The van der Waals surface area contributed by atoms with E-state index in [1.165, 1.54) is 11.6 Å². The first-order valence-electron chi connectivity index (χ1n) is 6.69. The highest BCUT2D eigenvalue weighted by atomic mass is 16.5. The highest BCUT2D eigenvalue weighted by Crippen LogP contribution is 2.28.